The number of aromatic nitrogens is 3. The van der Waals surface area contributed by atoms with E-state index in [2.05, 4.69) is 20.4 Å². The number of anilines is 1. The minimum Gasteiger partial charge on any atom is -0.467 e. The number of pyridine rings is 1. The van der Waals surface area contributed by atoms with Gasteiger partial charge in [0.15, 0.2) is 0 Å². The molecule has 0 saturated carbocycles. The van der Waals surface area contributed by atoms with E-state index in [1.54, 1.807) is 54.9 Å². The molecule has 9 heteroatoms. The Labute approximate surface area is 152 Å². The molecule has 1 aromatic carbocycles. The smallest absolute Gasteiger partial charge is 0.293 e. The van der Waals surface area contributed by atoms with Crippen LogP contribution in [0.3, 0.4) is 0 Å². The summed E-state index contributed by atoms with van der Waals surface area (Å²) in [4.78, 5) is 19.4. The van der Waals surface area contributed by atoms with Crippen LogP contribution in [0.1, 0.15) is 5.76 Å². The third-order valence-electron chi connectivity index (χ3n) is 3.80. The molecule has 0 saturated heterocycles. The molecule has 3 heterocycles. The SMILES string of the molecule is O=[N+]([O-])c1cc(-c2noc(-c3ccccn3)n2)ccc1NCc1ccco1. The van der Waals surface area contributed by atoms with E-state index in [0.717, 1.165) is 0 Å². The van der Waals surface area contributed by atoms with E-state index in [9.17, 15) is 10.1 Å². The molecular formula is C18H13N5O4. The van der Waals surface area contributed by atoms with Crippen molar-refractivity contribution >= 4 is 11.4 Å². The standard InChI is InChI=1S/C18H13N5O4/c24-23(25)16-10-12(6-7-14(16)20-11-13-4-3-9-26-13)17-21-18(27-22-17)15-5-1-2-8-19-15/h1-10,20H,11H2. The van der Waals surface area contributed by atoms with Crippen molar-refractivity contribution < 1.29 is 13.9 Å². The zero-order chi connectivity index (χ0) is 18.6. The van der Waals surface area contributed by atoms with E-state index in [1.807, 2.05) is 0 Å². The summed E-state index contributed by atoms with van der Waals surface area (Å²) in [5.74, 6) is 1.16. The predicted molar refractivity (Wildman–Crippen MR) is 95.7 cm³/mol. The fraction of sp³-hybridized carbons (Fsp3) is 0.0556. The zero-order valence-electron chi connectivity index (χ0n) is 13.9. The molecule has 9 nitrogen and oxygen atoms in total. The van der Waals surface area contributed by atoms with Crippen molar-refractivity contribution in [3.63, 3.8) is 0 Å². The van der Waals surface area contributed by atoms with Gasteiger partial charge >= 0.3 is 0 Å². The van der Waals surface area contributed by atoms with Gasteiger partial charge < -0.3 is 14.3 Å². The lowest BCUT2D eigenvalue weighted by molar-refractivity contribution is -0.383. The maximum absolute atomic E-state index is 11.5. The lowest BCUT2D eigenvalue weighted by Crippen LogP contribution is -2.02. The summed E-state index contributed by atoms with van der Waals surface area (Å²) >= 11 is 0. The Bertz CT molecular complexity index is 1060. The van der Waals surface area contributed by atoms with Crippen LogP contribution in [0.2, 0.25) is 0 Å². The largest absolute Gasteiger partial charge is 0.467 e. The third-order valence-corrected chi connectivity index (χ3v) is 3.80. The number of nitro groups is 1. The van der Waals surface area contributed by atoms with Crippen LogP contribution in [0, 0.1) is 10.1 Å². The Balaban J connectivity index is 1.61. The van der Waals surface area contributed by atoms with Gasteiger partial charge in [0.25, 0.3) is 11.6 Å². The first-order valence-corrected chi connectivity index (χ1v) is 8.01. The minimum absolute atomic E-state index is 0.0942. The quantitative estimate of drug-likeness (QED) is 0.404. The second-order valence-electron chi connectivity index (χ2n) is 5.56. The molecule has 134 valence electrons. The molecule has 0 unspecified atom stereocenters. The molecular weight excluding hydrogens is 350 g/mol. The molecule has 0 aliphatic rings. The van der Waals surface area contributed by atoms with E-state index in [-0.39, 0.29) is 17.4 Å². The van der Waals surface area contributed by atoms with Crippen LogP contribution in [0.15, 0.2) is 69.9 Å². The lowest BCUT2D eigenvalue weighted by atomic mass is 10.1. The van der Waals surface area contributed by atoms with Gasteiger partial charge in [0.05, 0.1) is 17.7 Å². The second kappa shape index (κ2) is 7.08. The number of hydrogen-bond donors (Lipinski definition) is 1. The highest BCUT2D eigenvalue weighted by molar-refractivity contribution is 5.70. The van der Waals surface area contributed by atoms with Gasteiger partial charge in [0.1, 0.15) is 17.1 Å². The Morgan fingerprint density at radius 1 is 1.15 bits per heavy atom. The number of nitrogens with one attached hydrogen (secondary N) is 1. The summed E-state index contributed by atoms with van der Waals surface area (Å²) in [6.07, 6.45) is 3.16. The molecule has 27 heavy (non-hydrogen) atoms. The first kappa shape index (κ1) is 16.5. The molecule has 3 aromatic heterocycles. The Morgan fingerprint density at radius 3 is 2.81 bits per heavy atom. The molecule has 4 aromatic rings. The van der Waals surface area contributed by atoms with E-state index in [4.69, 9.17) is 8.94 Å². The maximum atomic E-state index is 11.5. The minimum atomic E-state index is -0.465. The van der Waals surface area contributed by atoms with E-state index < -0.39 is 4.92 Å². The summed E-state index contributed by atoms with van der Waals surface area (Å²) in [5, 5.41) is 18.4. The number of nitro benzene ring substituents is 1. The topological polar surface area (TPSA) is 120 Å². The molecule has 0 aliphatic carbocycles. The van der Waals surface area contributed by atoms with Crippen LogP contribution in [-0.4, -0.2) is 20.0 Å². The fourth-order valence-electron chi connectivity index (χ4n) is 2.50. The van der Waals surface area contributed by atoms with Crippen LogP contribution in [0.4, 0.5) is 11.4 Å². The van der Waals surface area contributed by atoms with E-state index in [1.165, 1.54) is 6.07 Å². The fourth-order valence-corrected chi connectivity index (χ4v) is 2.50. The highest BCUT2D eigenvalue weighted by Gasteiger charge is 2.18. The van der Waals surface area contributed by atoms with Gasteiger partial charge in [-0.2, -0.15) is 4.98 Å². The van der Waals surface area contributed by atoms with Crippen molar-refractivity contribution in [1.29, 1.82) is 0 Å². The van der Waals surface area contributed by atoms with Gasteiger partial charge in [0, 0.05) is 17.8 Å². The van der Waals surface area contributed by atoms with Crippen LogP contribution >= 0.6 is 0 Å². The number of furan rings is 1. The lowest BCUT2D eigenvalue weighted by Gasteiger charge is -2.06. The van der Waals surface area contributed by atoms with Crippen molar-refractivity contribution in [2.45, 2.75) is 6.54 Å². The molecule has 0 aliphatic heterocycles. The van der Waals surface area contributed by atoms with E-state index >= 15 is 0 Å². The van der Waals surface area contributed by atoms with Crippen molar-refractivity contribution in [3.05, 3.63) is 76.9 Å². The summed E-state index contributed by atoms with van der Waals surface area (Å²) < 4.78 is 10.4. The Morgan fingerprint density at radius 2 is 2.07 bits per heavy atom. The van der Waals surface area contributed by atoms with Gasteiger partial charge in [-0.15, -0.1) is 0 Å². The van der Waals surface area contributed by atoms with Crippen molar-refractivity contribution in [1.82, 2.24) is 15.1 Å². The van der Waals surface area contributed by atoms with Gasteiger partial charge in [-0.1, -0.05) is 11.2 Å². The average molecular weight is 363 g/mol. The molecule has 1 N–H and O–H groups in total. The molecule has 0 bridgehead atoms. The normalized spacial score (nSPS) is 10.7. The van der Waals surface area contributed by atoms with Crippen molar-refractivity contribution in [3.8, 4) is 23.0 Å². The maximum Gasteiger partial charge on any atom is 0.293 e. The number of hydrogen-bond acceptors (Lipinski definition) is 8. The summed E-state index contributed by atoms with van der Waals surface area (Å²) in [6, 6.07) is 13.5. The molecule has 0 atom stereocenters. The summed E-state index contributed by atoms with van der Waals surface area (Å²) in [6.45, 7) is 0.333. The number of benzene rings is 1. The zero-order valence-corrected chi connectivity index (χ0v) is 13.9. The first-order chi connectivity index (χ1) is 13.2. The van der Waals surface area contributed by atoms with Crippen molar-refractivity contribution in [2.24, 2.45) is 0 Å². The van der Waals surface area contributed by atoms with Gasteiger partial charge in [-0.3, -0.25) is 15.1 Å². The predicted octanol–water partition coefficient (Wildman–Crippen LogP) is 3.91. The first-order valence-electron chi connectivity index (χ1n) is 8.01. The highest BCUT2D eigenvalue weighted by atomic mass is 16.6. The highest BCUT2D eigenvalue weighted by Crippen LogP contribution is 2.30. The molecule has 0 spiro atoms. The Hall–Kier alpha value is -4.01. The third kappa shape index (κ3) is 3.52. The van der Waals surface area contributed by atoms with Crippen LogP contribution in [0.25, 0.3) is 23.0 Å². The average Bonchev–Trinajstić information content (AvgIpc) is 3.39. The molecule has 0 radical (unpaired) electrons. The van der Waals surface area contributed by atoms with Gasteiger partial charge in [0.2, 0.25) is 5.82 Å². The van der Waals surface area contributed by atoms with E-state index in [0.29, 0.717) is 29.2 Å². The molecule has 0 fully saturated rings. The molecule has 0 amide bonds. The summed E-state index contributed by atoms with van der Waals surface area (Å²) in [7, 11) is 0. The van der Waals surface area contributed by atoms with Crippen LogP contribution in [-0.2, 0) is 6.54 Å². The number of nitrogens with zero attached hydrogens (tertiary/aromatic N) is 4. The second-order valence-corrected chi connectivity index (χ2v) is 5.56. The molecule has 4 rings (SSSR count). The van der Waals surface area contributed by atoms with Crippen LogP contribution < -0.4 is 5.32 Å². The summed E-state index contributed by atoms with van der Waals surface area (Å²) in [5.41, 5.74) is 1.27. The number of rotatable bonds is 6. The van der Waals surface area contributed by atoms with Crippen LogP contribution in [0.5, 0.6) is 0 Å². The van der Waals surface area contributed by atoms with Gasteiger partial charge in [-0.05, 0) is 36.4 Å². The van der Waals surface area contributed by atoms with Crippen molar-refractivity contribution in [2.75, 3.05) is 5.32 Å². The van der Waals surface area contributed by atoms with Gasteiger partial charge in [-0.25, -0.2) is 0 Å². The monoisotopic (exact) mass is 363 g/mol. The Kier molecular flexibility index (Phi) is 4.32.